The highest BCUT2D eigenvalue weighted by Gasteiger charge is 2.18. The van der Waals surface area contributed by atoms with E-state index in [4.69, 9.17) is 17.4 Å². The Morgan fingerprint density at radius 1 is 1.43 bits per heavy atom. The molecule has 0 aliphatic carbocycles. The minimum absolute atomic E-state index is 0.0127. The van der Waals surface area contributed by atoms with Crippen molar-refractivity contribution in [3.63, 3.8) is 0 Å². The molecule has 21 heavy (non-hydrogen) atoms. The van der Waals surface area contributed by atoms with E-state index in [2.05, 4.69) is 39.4 Å². The number of nitrogens with zero attached hydrogens (tertiary/aromatic N) is 2. The summed E-state index contributed by atoms with van der Waals surface area (Å²) in [5.41, 5.74) is 7.20. The Hall–Kier alpha value is -0.880. The molecule has 0 saturated carbocycles. The summed E-state index contributed by atoms with van der Waals surface area (Å²) in [6, 6.07) is 6.00. The molecular formula is C15H20BrClN4. The molecule has 1 aromatic carbocycles. The second-order valence-electron chi connectivity index (χ2n) is 5.09. The third-order valence-corrected chi connectivity index (χ3v) is 5.09. The van der Waals surface area contributed by atoms with E-state index in [0.717, 1.165) is 45.0 Å². The molecule has 0 bridgehead atoms. The molecule has 0 fully saturated rings. The summed E-state index contributed by atoms with van der Waals surface area (Å²) >= 11 is 9.72. The number of aromatic nitrogens is 2. The molecule has 0 amide bonds. The molecule has 1 atom stereocenters. The van der Waals surface area contributed by atoms with Crippen molar-refractivity contribution in [1.82, 2.24) is 15.2 Å². The van der Waals surface area contributed by atoms with E-state index in [1.807, 2.05) is 30.7 Å². The molecular weight excluding hydrogens is 352 g/mol. The summed E-state index contributed by atoms with van der Waals surface area (Å²) in [5, 5.41) is 5.29. The van der Waals surface area contributed by atoms with Crippen LogP contribution in [0.25, 0.3) is 0 Å². The fourth-order valence-corrected chi connectivity index (χ4v) is 2.98. The van der Waals surface area contributed by atoms with Crippen molar-refractivity contribution < 1.29 is 0 Å². The van der Waals surface area contributed by atoms with Gasteiger partial charge in [-0.25, -0.2) is 0 Å². The second-order valence-corrected chi connectivity index (χ2v) is 6.29. The van der Waals surface area contributed by atoms with Crippen molar-refractivity contribution in [3.8, 4) is 0 Å². The lowest BCUT2D eigenvalue weighted by Gasteiger charge is -2.18. The summed E-state index contributed by atoms with van der Waals surface area (Å²) in [4.78, 5) is 0. The monoisotopic (exact) mass is 370 g/mol. The Kier molecular flexibility index (Phi) is 5.43. The minimum atomic E-state index is 0.0127. The van der Waals surface area contributed by atoms with Crippen LogP contribution >= 0.6 is 27.5 Å². The smallest absolute Gasteiger partial charge is 0.0738 e. The highest BCUT2D eigenvalue weighted by molar-refractivity contribution is 9.10. The molecule has 2 aromatic rings. The van der Waals surface area contributed by atoms with Crippen LogP contribution < -0.4 is 11.3 Å². The lowest BCUT2D eigenvalue weighted by molar-refractivity contribution is 0.516. The van der Waals surface area contributed by atoms with E-state index in [1.54, 1.807) is 0 Å². The van der Waals surface area contributed by atoms with Crippen LogP contribution in [0.3, 0.4) is 0 Å². The molecule has 0 saturated heterocycles. The van der Waals surface area contributed by atoms with Crippen LogP contribution in [0, 0.1) is 13.8 Å². The third kappa shape index (κ3) is 3.48. The second kappa shape index (κ2) is 6.92. The summed E-state index contributed by atoms with van der Waals surface area (Å²) in [7, 11) is 0. The van der Waals surface area contributed by atoms with Gasteiger partial charge in [-0.15, -0.1) is 0 Å². The van der Waals surface area contributed by atoms with Crippen LogP contribution in [0.1, 0.15) is 35.5 Å². The maximum Gasteiger partial charge on any atom is 0.0738 e. The van der Waals surface area contributed by atoms with Gasteiger partial charge in [0.15, 0.2) is 0 Å². The molecule has 3 N–H and O–H groups in total. The van der Waals surface area contributed by atoms with Crippen molar-refractivity contribution in [2.24, 2.45) is 5.84 Å². The third-order valence-electron chi connectivity index (χ3n) is 3.64. The van der Waals surface area contributed by atoms with Gasteiger partial charge in [0.1, 0.15) is 0 Å². The molecule has 1 unspecified atom stereocenters. The van der Waals surface area contributed by atoms with Gasteiger partial charge in [-0.05, 0) is 53.9 Å². The van der Waals surface area contributed by atoms with E-state index < -0.39 is 0 Å². The topological polar surface area (TPSA) is 55.9 Å². The van der Waals surface area contributed by atoms with Crippen molar-refractivity contribution in [2.75, 3.05) is 0 Å². The Morgan fingerprint density at radius 3 is 2.71 bits per heavy atom. The number of aryl methyl sites for hydroxylation is 3. The van der Waals surface area contributed by atoms with Gasteiger partial charge in [-0.3, -0.25) is 16.0 Å². The molecule has 6 heteroatoms. The zero-order valence-electron chi connectivity index (χ0n) is 12.5. The molecule has 1 aromatic heterocycles. The van der Waals surface area contributed by atoms with Crippen LogP contribution in [0.2, 0.25) is 5.02 Å². The average Bonchev–Trinajstić information content (AvgIpc) is 2.75. The van der Waals surface area contributed by atoms with E-state index in [0.29, 0.717) is 0 Å². The molecule has 0 aliphatic heterocycles. The van der Waals surface area contributed by atoms with E-state index in [1.165, 1.54) is 0 Å². The molecule has 114 valence electrons. The Morgan fingerprint density at radius 2 is 2.14 bits per heavy atom. The fourth-order valence-electron chi connectivity index (χ4n) is 2.41. The van der Waals surface area contributed by atoms with Gasteiger partial charge < -0.3 is 0 Å². The Bertz CT molecular complexity index is 639. The highest BCUT2D eigenvalue weighted by Crippen LogP contribution is 2.28. The lowest BCUT2D eigenvalue weighted by atomic mass is 10.0. The first-order chi connectivity index (χ1) is 9.97. The number of hydrogen-bond acceptors (Lipinski definition) is 3. The Labute approximate surface area is 138 Å². The van der Waals surface area contributed by atoms with Crippen LogP contribution in [0.4, 0.5) is 0 Å². The van der Waals surface area contributed by atoms with E-state index in [9.17, 15) is 0 Å². The quantitative estimate of drug-likeness (QED) is 0.622. The fraction of sp³-hybridized carbons (Fsp3) is 0.400. The molecule has 0 aliphatic rings. The molecule has 0 spiro atoms. The number of halogens is 2. The maximum absolute atomic E-state index is 6.09. The summed E-state index contributed by atoms with van der Waals surface area (Å²) in [5.74, 6) is 5.76. The van der Waals surface area contributed by atoms with Crippen LogP contribution in [-0.4, -0.2) is 9.78 Å². The van der Waals surface area contributed by atoms with Crippen LogP contribution in [0.15, 0.2) is 22.7 Å². The number of nitrogens with two attached hydrogens (primary N) is 1. The first-order valence-corrected chi connectivity index (χ1v) is 8.09. The zero-order chi connectivity index (χ0) is 15.6. The summed E-state index contributed by atoms with van der Waals surface area (Å²) in [6.45, 7) is 6.91. The first kappa shape index (κ1) is 16.5. The number of hydrogen-bond donors (Lipinski definition) is 2. The van der Waals surface area contributed by atoms with Crippen molar-refractivity contribution >= 4 is 27.5 Å². The normalized spacial score (nSPS) is 12.7. The van der Waals surface area contributed by atoms with E-state index >= 15 is 0 Å². The average molecular weight is 372 g/mol. The van der Waals surface area contributed by atoms with Crippen LogP contribution in [-0.2, 0) is 13.0 Å². The van der Waals surface area contributed by atoms with E-state index in [-0.39, 0.29) is 6.04 Å². The van der Waals surface area contributed by atoms with Gasteiger partial charge >= 0.3 is 0 Å². The zero-order valence-corrected chi connectivity index (χ0v) is 14.8. The van der Waals surface area contributed by atoms with Crippen molar-refractivity contribution in [3.05, 3.63) is 50.2 Å². The molecule has 2 rings (SSSR count). The maximum atomic E-state index is 6.09. The standard InChI is InChI=1S/C15H20BrClN4/c1-4-21-14(15(16)10(3)20-21)8-13(19-18)11-5-6-12(17)9(2)7-11/h5-7,13,19H,4,8,18H2,1-3H3. The van der Waals surface area contributed by atoms with Gasteiger partial charge in [0.2, 0.25) is 0 Å². The molecule has 1 heterocycles. The predicted octanol–water partition coefficient (Wildman–Crippen LogP) is 3.68. The number of rotatable bonds is 5. The predicted molar refractivity (Wildman–Crippen MR) is 90.3 cm³/mol. The largest absolute Gasteiger partial charge is 0.271 e. The minimum Gasteiger partial charge on any atom is -0.271 e. The van der Waals surface area contributed by atoms with Gasteiger partial charge in [0.05, 0.1) is 21.9 Å². The van der Waals surface area contributed by atoms with Gasteiger partial charge in [0, 0.05) is 18.0 Å². The number of hydrazine groups is 1. The Balaban J connectivity index is 2.33. The van der Waals surface area contributed by atoms with Gasteiger partial charge in [-0.2, -0.15) is 5.10 Å². The molecule has 4 nitrogen and oxygen atoms in total. The number of benzene rings is 1. The highest BCUT2D eigenvalue weighted by atomic mass is 79.9. The van der Waals surface area contributed by atoms with Crippen molar-refractivity contribution in [2.45, 2.75) is 39.8 Å². The summed E-state index contributed by atoms with van der Waals surface area (Å²) in [6.07, 6.45) is 0.757. The SMILES string of the molecule is CCn1nc(C)c(Br)c1CC(NN)c1ccc(Cl)c(C)c1. The number of nitrogens with one attached hydrogen (secondary N) is 1. The van der Waals surface area contributed by atoms with Gasteiger partial charge in [-0.1, -0.05) is 23.7 Å². The molecule has 0 radical (unpaired) electrons. The van der Waals surface area contributed by atoms with Crippen LogP contribution in [0.5, 0.6) is 0 Å². The summed E-state index contributed by atoms with van der Waals surface area (Å²) < 4.78 is 3.06. The first-order valence-electron chi connectivity index (χ1n) is 6.91. The lowest BCUT2D eigenvalue weighted by Crippen LogP contribution is -2.30. The van der Waals surface area contributed by atoms with Gasteiger partial charge in [0.25, 0.3) is 0 Å². The van der Waals surface area contributed by atoms with Crippen molar-refractivity contribution in [1.29, 1.82) is 0 Å².